The Balaban J connectivity index is 1.34. The van der Waals surface area contributed by atoms with Crippen molar-refractivity contribution in [2.75, 3.05) is 40.1 Å². The molecule has 0 amide bonds. The molecule has 320 valence electrons. The Morgan fingerprint density at radius 3 is 2.00 bits per heavy atom. The normalized spacial score (nSPS) is 35.1. The highest BCUT2D eigenvalue weighted by Crippen LogP contribution is 2.41. The van der Waals surface area contributed by atoms with Crippen molar-refractivity contribution in [3.05, 3.63) is 65.7 Å². The third-order valence-corrected chi connectivity index (χ3v) is 9.62. The third-order valence-electron chi connectivity index (χ3n) is 9.62. The molecule has 0 bridgehead atoms. The van der Waals surface area contributed by atoms with Gasteiger partial charge in [-0.05, 0) is 47.5 Å². The number of esters is 2. The molecule has 5 rings (SSSR count). The molecule has 0 aromatic heterocycles. The van der Waals surface area contributed by atoms with Crippen LogP contribution >= 0.6 is 0 Å². The lowest BCUT2D eigenvalue weighted by atomic mass is 9.98. The quantitative estimate of drug-likeness (QED) is 0.0575. The molecule has 2 aromatic carbocycles. The van der Waals surface area contributed by atoms with E-state index in [1.54, 1.807) is 0 Å². The van der Waals surface area contributed by atoms with Crippen LogP contribution in [-0.4, -0.2) is 187 Å². The Labute approximate surface area is 329 Å². The molecule has 0 saturated carbocycles. The van der Waals surface area contributed by atoms with Gasteiger partial charge in [0.2, 0.25) is 11.6 Å². The second-order valence-corrected chi connectivity index (χ2v) is 13.5. The van der Waals surface area contributed by atoms with Crippen LogP contribution in [-0.2, 0) is 42.7 Å². The molecule has 0 radical (unpaired) electrons. The van der Waals surface area contributed by atoms with Crippen molar-refractivity contribution in [1.29, 1.82) is 0 Å². The van der Waals surface area contributed by atoms with E-state index in [4.69, 9.17) is 37.9 Å². The number of rotatable bonds is 16. The van der Waals surface area contributed by atoms with Crippen LogP contribution < -0.4 is 4.74 Å². The topological polar surface area (TPSA) is 331 Å². The van der Waals surface area contributed by atoms with E-state index < -0.39 is 124 Å². The molecule has 13 unspecified atom stereocenters. The number of hydrogen-bond donors (Lipinski definition) is 11. The van der Waals surface area contributed by atoms with Crippen molar-refractivity contribution < 1.29 is 104 Å². The zero-order valence-corrected chi connectivity index (χ0v) is 30.7. The van der Waals surface area contributed by atoms with Gasteiger partial charge in [-0.1, -0.05) is 18.2 Å². The number of phenolic OH excluding ortho intramolecular Hbond substituents is 2. The third kappa shape index (κ3) is 9.76. The molecule has 21 heteroatoms. The van der Waals surface area contributed by atoms with Crippen LogP contribution in [0.15, 0.2) is 54.6 Å². The van der Waals surface area contributed by atoms with Crippen LogP contribution in [0.5, 0.6) is 17.2 Å². The van der Waals surface area contributed by atoms with Gasteiger partial charge in [0.15, 0.2) is 23.9 Å². The molecular weight excluding hydrogens is 780 g/mol. The van der Waals surface area contributed by atoms with E-state index in [-0.39, 0.29) is 17.2 Å². The van der Waals surface area contributed by atoms with Gasteiger partial charge in [-0.2, -0.15) is 0 Å². The summed E-state index contributed by atoms with van der Waals surface area (Å²) < 4.78 is 44.2. The minimum absolute atomic E-state index is 0.00336. The zero-order valence-electron chi connectivity index (χ0n) is 30.7. The summed E-state index contributed by atoms with van der Waals surface area (Å²) in [5.41, 5.74) is 0.909. The summed E-state index contributed by atoms with van der Waals surface area (Å²) in [7, 11) is 1.32. The Bertz CT molecular complexity index is 1750. The van der Waals surface area contributed by atoms with E-state index in [2.05, 4.69) is 0 Å². The van der Waals surface area contributed by atoms with E-state index >= 15 is 0 Å². The number of phenols is 2. The van der Waals surface area contributed by atoms with E-state index in [0.29, 0.717) is 11.1 Å². The number of carbonyl (C=O) groups excluding carboxylic acids is 2. The summed E-state index contributed by atoms with van der Waals surface area (Å²) in [6, 6.07) is 9.96. The first-order chi connectivity index (χ1) is 27.6. The first-order valence-corrected chi connectivity index (χ1v) is 17.7. The van der Waals surface area contributed by atoms with E-state index in [1.165, 1.54) is 61.7 Å². The maximum atomic E-state index is 13.0. The van der Waals surface area contributed by atoms with Crippen LogP contribution in [0.3, 0.4) is 0 Å². The number of methoxy groups -OCH3 is 1. The Morgan fingerprint density at radius 2 is 1.36 bits per heavy atom. The van der Waals surface area contributed by atoms with Crippen LogP contribution in [0.2, 0.25) is 0 Å². The van der Waals surface area contributed by atoms with Crippen molar-refractivity contribution in [2.45, 2.75) is 78.9 Å². The minimum Gasteiger partial charge on any atom is -0.508 e. The maximum Gasteiger partial charge on any atom is 0.331 e. The fourth-order valence-electron chi connectivity index (χ4n) is 6.36. The van der Waals surface area contributed by atoms with Crippen molar-refractivity contribution in [1.82, 2.24) is 0 Å². The predicted octanol–water partition coefficient (Wildman–Crippen LogP) is -3.62. The van der Waals surface area contributed by atoms with Gasteiger partial charge in [-0.15, -0.1) is 0 Å². The molecule has 21 nitrogen and oxygen atoms in total. The molecule has 2 aromatic rings. The lowest BCUT2D eigenvalue weighted by molar-refractivity contribution is -0.399. The Morgan fingerprint density at radius 1 is 0.741 bits per heavy atom. The van der Waals surface area contributed by atoms with Gasteiger partial charge < -0.3 is 94.1 Å². The summed E-state index contributed by atoms with van der Waals surface area (Å²) in [6.45, 7) is -4.85. The molecule has 3 aliphatic heterocycles. The number of ether oxygens (including phenoxy) is 8. The number of hydrogen-bond acceptors (Lipinski definition) is 21. The number of aromatic hydroxyl groups is 2. The maximum absolute atomic E-state index is 13.0. The summed E-state index contributed by atoms with van der Waals surface area (Å²) in [5, 5.41) is 115. The van der Waals surface area contributed by atoms with E-state index in [0.717, 1.165) is 12.2 Å². The molecule has 3 fully saturated rings. The zero-order chi connectivity index (χ0) is 42.4. The fraction of sp³-hybridized carbons (Fsp3) is 0.514. The lowest BCUT2D eigenvalue weighted by Gasteiger charge is -2.44. The Hall–Kier alpha value is -4.30. The number of benzene rings is 2. The molecule has 3 saturated heterocycles. The highest BCUT2D eigenvalue weighted by molar-refractivity contribution is 5.87. The minimum atomic E-state index is -2.70. The van der Waals surface area contributed by atoms with E-state index in [9.17, 15) is 65.8 Å². The van der Waals surface area contributed by atoms with Gasteiger partial charge in [0.1, 0.15) is 80.5 Å². The van der Waals surface area contributed by atoms with Crippen molar-refractivity contribution in [3.8, 4) is 17.2 Å². The molecule has 58 heavy (non-hydrogen) atoms. The van der Waals surface area contributed by atoms with Crippen molar-refractivity contribution in [3.63, 3.8) is 0 Å². The van der Waals surface area contributed by atoms with Crippen LogP contribution in [0.1, 0.15) is 11.1 Å². The fourth-order valence-corrected chi connectivity index (χ4v) is 6.36. The molecule has 13 atom stereocenters. The average molecular weight is 827 g/mol. The van der Waals surface area contributed by atoms with Gasteiger partial charge in [0, 0.05) is 12.2 Å². The van der Waals surface area contributed by atoms with Crippen LogP contribution in [0.4, 0.5) is 0 Å². The predicted molar refractivity (Wildman–Crippen MR) is 190 cm³/mol. The van der Waals surface area contributed by atoms with Crippen molar-refractivity contribution >= 4 is 24.1 Å². The van der Waals surface area contributed by atoms with Gasteiger partial charge in [-0.3, -0.25) is 0 Å². The van der Waals surface area contributed by atoms with Crippen molar-refractivity contribution in [2.24, 2.45) is 0 Å². The standard InChI is InChI=1S/C37H46O21/c1-51-22-12-19(4-9-21(22)42)6-11-27(44)55-34-30(47)24(14-39)56-36(34,16-40)53-17-37(33(50)29(46)23(13-38)57-37)58-35-32(49)31(48)28(45)25(54-35)15-52-26(43)10-5-18-2-7-20(41)8-3-18/h2-12,23-25,28-35,38-42,45-50H,13-17H2,1H3. The molecule has 3 aliphatic rings. The lowest BCUT2D eigenvalue weighted by Crippen LogP contribution is -2.63. The summed E-state index contributed by atoms with van der Waals surface area (Å²) in [4.78, 5) is 25.4. The van der Waals surface area contributed by atoms with E-state index in [1.807, 2.05) is 0 Å². The first-order valence-electron chi connectivity index (χ1n) is 17.7. The highest BCUT2D eigenvalue weighted by Gasteiger charge is 2.63. The highest BCUT2D eigenvalue weighted by atomic mass is 16.8. The van der Waals surface area contributed by atoms with Gasteiger partial charge >= 0.3 is 11.9 Å². The number of carbonyl (C=O) groups is 2. The van der Waals surface area contributed by atoms with Gasteiger partial charge in [-0.25, -0.2) is 9.59 Å². The first kappa shape index (κ1) is 44.8. The SMILES string of the molecule is COc1cc(C=CC(=O)OC2C(O)C(CO)OC2(CO)OCC2(OC3OC(COC(=O)C=Cc4ccc(O)cc4)C(O)C(O)C3O)OC(CO)C(O)C2O)ccc1O. The van der Waals surface area contributed by atoms with Crippen LogP contribution in [0.25, 0.3) is 12.2 Å². The average Bonchev–Trinajstić information content (AvgIpc) is 3.63. The number of aliphatic hydroxyl groups excluding tert-OH is 9. The molecule has 0 aliphatic carbocycles. The second-order valence-electron chi connectivity index (χ2n) is 13.5. The number of aliphatic hydroxyl groups is 9. The largest absolute Gasteiger partial charge is 0.508 e. The van der Waals surface area contributed by atoms with Gasteiger partial charge in [0.05, 0.1) is 20.3 Å². The summed E-state index contributed by atoms with van der Waals surface area (Å²) in [6.07, 6.45) is -16.1. The second kappa shape index (κ2) is 19.2. The monoisotopic (exact) mass is 826 g/mol. The molecule has 11 N–H and O–H groups in total. The molecule has 0 spiro atoms. The molecular formula is C37H46O21. The Kier molecular flexibility index (Phi) is 14.8. The van der Waals surface area contributed by atoms with Gasteiger partial charge in [0.25, 0.3) is 0 Å². The summed E-state index contributed by atoms with van der Waals surface area (Å²) >= 11 is 0. The summed E-state index contributed by atoms with van der Waals surface area (Å²) in [5.74, 6) is -7.35. The van der Waals surface area contributed by atoms with Crippen LogP contribution in [0, 0.1) is 0 Å². The smallest absolute Gasteiger partial charge is 0.331 e. The molecule has 3 heterocycles.